The van der Waals surface area contributed by atoms with Crippen molar-refractivity contribution in [2.75, 3.05) is 11.0 Å². The predicted molar refractivity (Wildman–Crippen MR) is 89.1 cm³/mol. The summed E-state index contributed by atoms with van der Waals surface area (Å²) in [6.07, 6.45) is 1.12. The van der Waals surface area contributed by atoms with Crippen LogP contribution in [-0.2, 0) is 21.0 Å². The maximum atomic E-state index is 12.1. The zero-order chi connectivity index (χ0) is 16.4. The van der Waals surface area contributed by atoms with E-state index in [4.69, 9.17) is 0 Å². The fraction of sp³-hybridized carbons (Fsp3) is 0.571. The summed E-state index contributed by atoms with van der Waals surface area (Å²) in [6.45, 7) is 9.50. The lowest BCUT2D eigenvalue weighted by atomic mass is 10.1. The van der Waals surface area contributed by atoms with Crippen LogP contribution in [0.4, 0.5) is 5.69 Å². The summed E-state index contributed by atoms with van der Waals surface area (Å²) in [5, 5.41) is 0. The minimum atomic E-state index is -3.29. The van der Waals surface area contributed by atoms with E-state index < -0.39 is 21.0 Å². The molecule has 0 amide bonds. The lowest BCUT2D eigenvalue weighted by molar-refractivity contribution is 0.606. The van der Waals surface area contributed by atoms with E-state index in [1.807, 2.05) is 46.8 Å². The Kier molecular flexibility index (Phi) is 5.57. The third-order valence-electron chi connectivity index (χ3n) is 2.89. The molecule has 2 N–H and O–H groups in total. The number of benzene rings is 1. The Morgan fingerprint density at radius 3 is 2.24 bits per heavy atom. The van der Waals surface area contributed by atoms with Crippen LogP contribution in [0.3, 0.4) is 0 Å². The molecule has 0 unspecified atom stereocenters. The average Bonchev–Trinajstić information content (AvgIpc) is 2.28. The van der Waals surface area contributed by atoms with Crippen molar-refractivity contribution in [1.82, 2.24) is 4.72 Å². The number of rotatable bonds is 5. The van der Waals surface area contributed by atoms with Gasteiger partial charge in [-0.3, -0.25) is 4.72 Å². The molecule has 1 aromatic rings. The first-order chi connectivity index (χ1) is 9.40. The smallest absolute Gasteiger partial charge is 0.229 e. The summed E-state index contributed by atoms with van der Waals surface area (Å²) < 4.78 is 39.8. The molecule has 0 fully saturated rings. The molecule has 2 atom stereocenters. The van der Waals surface area contributed by atoms with Gasteiger partial charge in [0.1, 0.15) is 0 Å². The van der Waals surface area contributed by atoms with Crippen LogP contribution in [0.5, 0.6) is 0 Å². The maximum absolute atomic E-state index is 12.1. The average molecular weight is 332 g/mol. The predicted octanol–water partition coefficient (Wildman–Crippen LogP) is 2.48. The van der Waals surface area contributed by atoms with Crippen molar-refractivity contribution in [2.45, 2.75) is 45.4 Å². The van der Waals surface area contributed by atoms with Crippen molar-refractivity contribution in [3.63, 3.8) is 0 Å². The van der Waals surface area contributed by atoms with Gasteiger partial charge in [0, 0.05) is 6.04 Å². The molecule has 0 saturated carbocycles. The number of nitrogens with one attached hydrogen (secondary N) is 2. The topological polar surface area (TPSA) is 75.3 Å². The second kappa shape index (κ2) is 6.46. The van der Waals surface area contributed by atoms with Crippen LogP contribution in [-0.4, -0.2) is 23.6 Å². The number of anilines is 1. The van der Waals surface area contributed by atoms with E-state index in [1.165, 1.54) is 0 Å². The first-order valence-electron chi connectivity index (χ1n) is 6.66. The second-order valence-electron chi connectivity index (χ2n) is 6.17. The second-order valence-corrected chi connectivity index (χ2v) is 9.92. The molecule has 7 heteroatoms. The van der Waals surface area contributed by atoms with Gasteiger partial charge in [0.15, 0.2) is 0 Å². The van der Waals surface area contributed by atoms with Crippen molar-refractivity contribution in [1.29, 1.82) is 0 Å². The summed E-state index contributed by atoms with van der Waals surface area (Å²) in [5.74, 6) is 0. The van der Waals surface area contributed by atoms with Gasteiger partial charge < -0.3 is 0 Å². The number of hydrogen-bond donors (Lipinski definition) is 2. The molecule has 0 aliphatic heterocycles. The highest BCUT2D eigenvalue weighted by molar-refractivity contribution is 7.92. The molecule has 0 aliphatic carbocycles. The molecule has 21 heavy (non-hydrogen) atoms. The fourth-order valence-corrected chi connectivity index (χ4v) is 3.12. The minimum Gasteiger partial charge on any atom is -0.284 e. The summed E-state index contributed by atoms with van der Waals surface area (Å²) in [5.41, 5.74) is 2.35. The van der Waals surface area contributed by atoms with Crippen molar-refractivity contribution >= 4 is 26.7 Å². The Morgan fingerprint density at radius 1 is 1.24 bits per heavy atom. The maximum Gasteiger partial charge on any atom is 0.229 e. The number of sulfonamides is 1. The Morgan fingerprint density at radius 2 is 1.81 bits per heavy atom. The van der Waals surface area contributed by atoms with Crippen molar-refractivity contribution in [3.8, 4) is 0 Å². The molecule has 0 aliphatic rings. The van der Waals surface area contributed by atoms with E-state index in [9.17, 15) is 12.6 Å². The first kappa shape index (κ1) is 18.1. The highest BCUT2D eigenvalue weighted by Crippen LogP contribution is 2.23. The van der Waals surface area contributed by atoms with Crippen LogP contribution in [0.25, 0.3) is 0 Å². The van der Waals surface area contributed by atoms with Crippen LogP contribution < -0.4 is 9.44 Å². The standard InChI is InChI=1S/C14H24N2O3S2/c1-10-9-12(7-8-13(10)16-21(6,18)19)11(2)15-20(17)14(3,4)5/h7-9,11,15-16H,1-6H3/t11-,20-/m0/s1. The number of hydrogen-bond acceptors (Lipinski definition) is 3. The summed E-state index contributed by atoms with van der Waals surface area (Å²) >= 11 is 0. The van der Waals surface area contributed by atoms with E-state index in [0.29, 0.717) is 5.69 Å². The van der Waals surface area contributed by atoms with Crippen molar-refractivity contribution in [3.05, 3.63) is 29.3 Å². The molecule has 120 valence electrons. The first-order valence-corrected chi connectivity index (χ1v) is 9.70. The van der Waals surface area contributed by atoms with Crippen LogP contribution in [0.2, 0.25) is 0 Å². The van der Waals surface area contributed by atoms with Gasteiger partial charge >= 0.3 is 0 Å². The Hall–Kier alpha value is -0.920. The van der Waals surface area contributed by atoms with Crippen molar-refractivity contribution in [2.24, 2.45) is 0 Å². The minimum absolute atomic E-state index is 0.0870. The van der Waals surface area contributed by atoms with Crippen LogP contribution in [0.1, 0.15) is 44.9 Å². The monoisotopic (exact) mass is 332 g/mol. The molecule has 5 nitrogen and oxygen atoms in total. The van der Waals surface area contributed by atoms with Gasteiger partial charge in [0.25, 0.3) is 0 Å². The highest BCUT2D eigenvalue weighted by atomic mass is 32.2. The molecule has 0 saturated heterocycles. The van der Waals surface area contributed by atoms with E-state index in [2.05, 4.69) is 9.44 Å². The Labute approximate surface area is 130 Å². The summed E-state index contributed by atoms with van der Waals surface area (Å²) in [7, 11) is -4.44. The zero-order valence-corrected chi connectivity index (χ0v) is 15.0. The third kappa shape index (κ3) is 5.76. The molecule has 0 aromatic heterocycles. The van der Waals surface area contributed by atoms with Gasteiger partial charge in [-0.25, -0.2) is 17.3 Å². The van der Waals surface area contributed by atoms with E-state index in [-0.39, 0.29) is 10.8 Å². The lowest BCUT2D eigenvalue weighted by Crippen LogP contribution is -2.34. The zero-order valence-electron chi connectivity index (χ0n) is 13.4. The quantitative estimate of drug-likeness (QED) is 0.870. The normalized spacial score (nSPS) is 15.5. The highest BCUT2D eigenvalue weighted by Gasteiger charge is 2.21. The summed E-state index contributed by atoms with van der Waals surface area (Å²) in [6, 6.07) is 5.36. The van der Waals surface area contributed by atoms with Gasteiger partial charge in [0.05, 0.1) is 27.7 Å². The third-order valence-corrected chi connectivity index (χ3v) is 5.16. The van der Waals surface area contributed by atoms with Gasteiger partial charge in [-0.15, -0.1) is 0 Å². The molecular weight excluding hydrogens is 308 g/mol. The Bertz CT molecular complexity index is 634. The van der Waals surface area contributed by atoms with Crippen LogP contribution in [0.15, 0.2) is 18.2 Å². The molecule has 0 spiro atoms. The Balaban J connectivity index is 2.91. The number of aryl methyl sites for hydroxylation is 1. The van der Waals surface area contributed by atoms with E-state index in [0.717, 1.165) is 17.4 Å². The fourth-order valence-electron chi connectivity index (χ4n) is 1.68. The molecule has 1 aromatic carbocycles. The van der Waals surface area contributed by atoms with Gasteiger partial charge in [0.2, 0.25) is 10.0 Å². The molecule has 0 heterocycles. The van der Waals surface area contributed by atoms with Gasteiger partial charge in [-0.05, 0) is 51.8 Å². The van der Waals surface area contributed by atoms with E-state index in [1.54, 1.807) is 6.07 Å². The van der Waals surface area contributed by atoms with Gasteiger partial charge in [-0.1, -0.05) is 12.1 Å². The molecular formula is C14H24N2O3S2. The summed E-state index contributed by atoms with van der Waals surface area (Å²) in [4.78, 5) is 0. The van der Waals surface area contributed by atoms with Crippen LogP contribution in [0, 0.1) is 6.92 Å². The molecule has 0 bridgehead atoms. The SMILES string of the molecule is Cc1cc([C@H](C)N[S@@](=O)C(C)(C)C)ccc1NS(C)(=O)=O. The largest absolute Gasteiger partial charge is 0.284 e. The van der Waals surface area contributed by atoms with E-state index >= 15 is 0 Å². The van der Waals surface area contributed by atoms with Crippen LogP contribution >= 0.6 is 0 Å². The van der Waals surface area contributed by atoms with Gasteiger partial charge in [-0.2, -0.15) is 0 Å². The molecule has 0 radical (unpaired) electrons. The molecule has 1 rings (SSSR count). The lowest BCUT2D eigenvalue weighted by Gasteiger charge is -2.22. The van der Waals surface area contributed by atoms with Crippen molar-refractivity contribution < 1.29 is 12.6 Å².